The van der Waals surface area contributed by atoms with Crippen LogP contribution in [-0.4, -0.2) is 23.5 Å². The van der Waals surface area contributed by atoms with Crippen molar-refractivity contribution < 1.29 is 14.7 Å². The van der Waals surface area contributed by atoms with Gasteiger partial charge in [-0.2, -0.15) is 0 Å². The SMILES string of the molecule is O=C(O)CCCNC(=O)CCc1ccccc1Cl. The molecular formula is C13H16ClNO3. The number of carbonyl (C=O) groups is 2. The minimum Gasteiger partial charge on any atom is -0.481 e. The first-order chi connectivity index (χ1) is 8.59. The Hall–Kier alpha value is -1.55. The number of nitrogens with one attached hydrogen (secondary N) is 1. The molecule has 1 aromatic carbocycles. The van der Waals surface area contributed by atoms with Crippen molar-refractivity contribution in [3.63, 3.8) is 0 Å². The number of benzene rings is 1. The van der Waals surface area contributed by atoms with Gasteiger partial charge in [0.2, 0.25) is 5.91 Å². The number of carbonyl (C=O) groups excluding carboxylic acids is 1. The van der Waals surface area contributed by atoms with Gasteiger partial charge in [-0.05, 0) is 24.5 Å². The van der Waals surface area contributed by atoms with Crippen LogP contribution >= 0.6 is 11.6 Å². The van der Waals surface area contributed by atoms with Crippen molar-refractivity contribution in [1.82, 2.24) is 5.32 Å². The van der Waals surface area contributed by atoms with Crippen LogP contribution in [0.5, 0.6) is 0 Å². The van der Waals surface area contributed by atoms with Crippen LogP contribution in [0.2, 0.25) is 5.02 Å². The number of rotatable bonds is 7. The maximum absolute atomic E-state index is 11.5. The molecule has 2 N–H and O–H groups in total. The molecule has 4 nitrogen and oxygen atoms in total. The van der Waals surface area contributed by atoms with E-state index in [0.717, 1.165) is 5.56 Å². The van der Waals surface area contributed by atoms with Crippen LogP contribution in [0.15, 0.2) is 24.3 Å². The molecule has 0 aliphatic heterocycles. The van der Waals surface area contributed by atoms with Gasteiger partial charge in [-0.1, -0.05) is 29.8 Å². The highest BCUT2D eigenvalue weighted by atomic mass is 35.5. The normalized spacial score (nSPS) is 10.1. The zero-order valence-electron chi connectivity index (χ0n) is 9.99. The van der Waals surface area contributed by atoms with E-state index in [9.17, 15) is 9.59 Å². The summed E-state index contributed by atoms with van der Waals surface area (Å²) in [7, 11) is 0. The lowest BCUT2D eigenvalue weighted by molar-refractivity contribution is -0.137. The largest absolute Gasteiger partial charge is 0.481 e. The first-order valence-corrected chi connectivity index (χ1v) is 6.19. The number of carboxylic acid groups (broad SMARTS) is 1. The van der Waals surface area contributed by atoms with Crippen LogP contribution in [0.3, 0.4) is 0 Å². The number of hydrogen-bond donors (Lipinski definition) is 2. The number of halogens is 1. The molecule has 0 saturated carbocycles. The smallest absolute Gasteiger partial charge is 0.303 e. The molecule has 0 unspecified atom stereocenters. The van der Waals surface area contributed by atoms with Crippen molar-refractivity contribution in [1.29, 1.82) is 0 Å². The predicted octanol–water partition coefficient (Wildman–Crippen LogP) is 2.25. The van der Waals surface area contributed by atoms with Crippen molar-refractivity contribution in [3.05, 3.63) is 34.9 Å². The van der Waals surface area contributed by atoms with Crippen molar-refractivity contribution in [2.75, 3.05) is 6.54 Å². The third-order valence-corrected chi connectivity index (χ3v) is 2.84. The molecule has 0 aliphatic rings. The minimum absolute atomic E-state index is 0.0742. The predicted molar refractivity (Wildman–Crippen MR) is 69.7 cm³/mol. The average molecular weight is 270 g/mol. The summed E-state index contributed by atoms with van der Waals surface area (Å²) in [5.41, 5.74) is 0.944. The fourth-order valence-corrected chi connectivity index (χ4v) is 1.74. The zero-order chi connectivity index (χ0) is 13.4. The van der Waals surface area contributed by atoms with Crippen molar-refractivity contribution in [2.24, 2.45) is 0 Å². The van der Waals surface area contributed by atoms with Crippen LogP contribution in [-0.2, 0) is 16.0 Å². The molecule has 5 heteroatoms. The van der Waals surface area contributed by atoms with E-state index in [0.29, 0.717) is 30.8 Å². The summed E-state index contributed by atoms with van der Waals surface area (Å²) < 4.78 is 0. The van der Waals surface area contributed by atoms with Gasteiger partial charge in [-0.15, -0.1) is 0 Å². The van der Waals surface area contributed by atoms with Gasteiger partial charge in [0, 0.05) is 24.4 Å². The van der Waals surface area contributed by atoms with Crippen LogP contribution < -0.4 is 5.32 Å². The third-order valence-electron chi connectivity index (χ3n) is 2.47. The molecule has 0 bridgehead atoms. The summed E-state index contributed by atoms with van der Waals surface area (Å²) >= 11 is 5.97. The number of aliphatic carboxylic acids is 1. The maximum Gasteiger partial charge on any atom is 0.303 e. The van der Waals surface area contributed by atoms with E-state index in [-0.39, 0.29) is 12.3 Å². The van der Waals surface area contributed by atoms with Gasteiger partial charge < -0.3 is 10.4 Å². The number of carboxylic acids is 1. The highest BCUT2D eigenvalue weighted by Crippen LogP contribution is 2.16. The first-order valence-electron chi connectivity index (χ1n) is 5.81. The average Bonchev–Trinajstić information content (AvgIpc) is 2.33. The third kappa shape index (κ3) is 5.68. The Morgan fingerprint density at radius 3 is 2.61 bits per heavy atom. The number of aryl methyl sites for hydroxylation is 1. The Labute approximate surface area is 111 Å². The molecule has 0 radical (unpaired) electrons. The lowest BCUT2D eigenvalue weighted by Gasteiger charge is -2.05. The molecule has 0 saturated heterocycles. The van der Waals surface area contributed by atoms with Crippen LogP contribution in [0.25, 0.3) is 0 Å². The zero-order valence-corrected chi connectivity index (χ0v) is 10.7. The van der Waals surface area contributed by atoms with Gasteiger partial charge in [0.15, 0.2) is 0 Å². The monoisotopic (exact) mass is 269 g/mol. The summed E-state index contributed by atoms with van der Waals surface area (Å²) in [6.45, 7) is 0.396. The topological polar surface area (TPSA) is 66.4 Å². The fraction of sp³-hybridized carbons (Fsp3) is 0.385. The number of hydrogen-bond acceptors (Lipinski definition) is 2. The Morgan fingerprint density at radius 2 is 1.94 bits per heavy atom. The molecule has 1 aromatic rings. The molecule has 0 atom stereocenters. The molecular weight excluding hydrogens is 254 g/mol. The Balaban J connectivity index is 2.21. The van der Waals surface area contributed by atoms with E-state index in [2.05, 4.69) is 5.32 Å². The van der Waals surface area contributed by atoms with Gasteiger partial charge >= 0.3 is 5.97 Å². The fourth-order valence-electron chi connectivity index (χ4n) is 1.51. The van der Waals surface area contributed by atoms with Crippen molar-refractivity contribution >= 4 is 23.5 Å². The first kappa shape index (κ1) is 14.5. The highest BCUT2D eigenvalue weighted by molar-refractivity contribution is 6.31. The summed E-state index contributed by atoms with van der Waals surface area (Å²) in [6.07, 6.45) is 1.47. The van der Waals surface area contributed by atoms with Gasteiger partial charge in [-0.25, -0.2) is 0 Å². The van der Waals surface area contributed by atoms with Gasteiger partial charge in [0.25, 0.3) is 0 Å². The molecule has 1 amide bonds. The van der Waals surface area contributed by atoms with E-state index < -0.39 is 5.97 Å². The second-order valence-electron chi connectivity index (χ2n) is 3.94. The standard InChI is InChI=1S/C13H16ClNO3/c14-11-5-2-1-4-10(11)7-8-12(16)15-9-3-6-13(17)18/h1-2,4-5H,3,6-9H2,(H,15,16)(H,17,18). The molecule has 1 rings (SSSR count). The van der Waals surface area contributed by atoms with Gasteiger partial charge in [0.05, 0.1) is 0 Å². The molecule has 98 valence electrons. The second-order valence-corrected chi connectivity index (χ2v) is 4.35. The quantitative estimate of drug-likeness (QED) is 0.746. The van der Waals surface area contributed by atoms with E-state index >= 15 is 0 Å². The Bertz CT molecular complexity index is 420. The maximum atomic E-state index is 11.5. The van der Waals surface area contributed by atoms with E-state index in [1.54, 1.807) is 6.07 Å². The van der Waals surface area contributed by atoms with Crippen LogP contribution in [0.1, 0.15) is 24.8 Å². The van der Waals surface area contributed by atoms with Gasteiger partial charge in [-0.3, -0.25) is 9.59 Å². The summed E-state index contributed by atoms with van der Waals surface area (Å²) in [5.74, 6) is -0.930. The molecule has 0 fully saturated rings. The lowest BCUT2D eigenvalue weighted by Crippen LogP contribution is -2.25. The van der Waals surface area contributed by atoms with Gasteiger partial charge in [0.1, 0.15) is 0 Å². The number of amides is 1. The Morgan fingerprint density at radius 1 is 1.22 bits per heavy atom. The van der Waals surface area contributed by atoms with Crippen molar-refractivity contribution in [3.8, 4) is 0 Å². The van der Waals surface area contributed by atoms with Crippen LogP contribution in [0, 0.1) is 0 Å². The van der Waals surface area contributed by atoms with Crippen molar-refractivity contribution in [2.45, 2.75) is 25.7 Å². The van der Waals surface area contributed by atoms with Crippen LogP contribution in [0.4, 0.5) is 0 Å². The molecule has 0 aromatic heterocycles. The lowest BCUT2D eigenvalue weighted by atomic mass is 10.1. The second kappa shape index (κ2) is 7.71. The molecule has 0 aliphatic carbocycles. The molecule has 0 heterocycles. The molecule has 0 spiro atoms. The summed E-state index contributed by atoms with van der Waals surface area (Å²) in [6, 6.07) is 7.41. The molecule has 18 heavy (non-hydrogen) atoms. The Kier molecular flexibility index (Phi) is 6.22. The van der Waals surface area contributed by atoms with E-state index in [4.69, 9.17) is 16.7 Å². The van der Waals surface area contributed by atoms with E-state index in [1.165, 1.54) is 0 Å². The van der Waals surface area contributed by atoms with E-state index in [1.807, 2.05) is 18.2 Å². The summed E-state index contributed by atoms with van der Waals surface area (Å²) in [5, 5.41) is 11.8. The minimum atomic E-state index is -0.847. The highest BCUT2D eigenvalue weighted by Gasteiger charge is 2.04. The summed E-state index contributed by atoms with van der Waals surface area (Å²) in [4.78, 5) is 21.7.